The topological polar surface area (TPSA) is 81.2 Å². The molecule has 3 N–H and O–H groups in total. The number of anilines is 1. The molecule has 6 heteroatoms. The third-order valence-electron chi connectivity index (χ3n) is 5.35. The summed E-state index contributed by atoms with van der Waals surface area (Å²) in [6.45, 7) is 6.09. The fraction of sp³-hybridized carbons (Fsp3) is 0.500. The van der Waals surface area contributed by atoms with Gasteiger partial charge in [0.1, 0.15) is 5.76 Å². The van der Waals surface area contributed by atoms with Crippen molar-refractivity contribution in [1.82, 2.24) is 5.16 Å². The van der Waals surface area contributed by atoms with Crippen LogP contribution in [-0.2, 0) is 4.79 Å². The minimum absolute atomic E-state index is 0. The van der Waals surface area contributed by atoms with Gasteiger partial charge in [-0.2, -0.15) is 0 Å². The highest BCUT2D eigenvalue weighted by Crippen LogP contribution is 2.31. The molecule has 0 bridgehead atoms. The van der Waals surface area contributed by atoms with Gasteiger partial charge >= 0.3 is 0 Å². The molecule has 3 rings (SSSR count). The van der Waals surface area contributed by atoms with Crippen LogP contribution in [0.3, 0.4) is 0 Å². The highest BCUT2D eigenvalue weighted by Gasteiger charge is 2.28. The molecule has 1 saturated carbocycles. The van der Waals surface area contributed by atoms with Crippen LogP contribution in [0, 0.1) is 25.7 Å². The van der Waals surface area contributed by atoms with E-state index in [1.807, 2.05) is 38.1 Å². The Morgan fingerprint density at radius 2 is 1.81 bits per heavy atom. The Balaban J connectivity index is 0.00000243. The molecule has 26 heavy (non-hydrogen) atoms. The van der Waals surface area contributed by atoms with E-state index >= 15 is 0 Å². The highest BCUT2D eigenvalue weighted by atomic mass is 35.5. The smallest absolute Gasteiger partial charge is 0.241 e. The molecule has 0 unspecified atom stereocenters. The molecule has 1 aromatic carbocycles. The van der Waals surface area contributed by atoms with E-state index in [0.717, 1.165) is 59.9 Å². The average Bonchev–Trinajstić information content (AvgIpc) is 2.94. The van der Waals surface area contributed by atoms with E-state index in [9.17, 15) is 4.79 Å². The molecule has 142 valence electrons. The van der Waals surface area contributed by atoms with E-state index in [-0.39, 0.29) is 24.2 Å². The van der Waals surface area contributed by atoms with E-state index in [1.165, 1.54) is 0 Å². The van der Waals surface area contributed by atoms with E-state index in [1.54, 1.807) is 0 Å². The second kappa shape index (κ2) is 8.69. The SMILES string of the molecule is Cc1noc(C)c1-c1ccc(NC(=O)[C@@H](N)C2CCC(C)CC2)cc1.Cl. The first kappa shape index (κ1) is 20.5. The molecule has 1 amide bonds. The number of nitrogens with zero attached hydrogens (tertiary/aromatic N) is 1. The third kappa shape index (κ3) is 4.46. The summed E-state index contributed by atoms with van der Waals surface area (Å²) in [5.41, 5.74) is 9.86. The van der Waals surface area contributed by atoms with Crippen molar-refractivity contribution in [2.24, 2.45) is 17.6 Å². The molecule has 0 aliphatic heterocycles. The quantitative estimate of drug-likeness (QED) is 0.823. The Labute approximate surface area is 161 Å². The first-order valence-corrected chi connectivity index (χ1v) is 9.05. The third-order valence-corrected chi connectivity index (χ3v) is 5.35. The van der Waals surface area contributed by atoms with Gasteiger partial charge in [0.15, 0.2) is 0 Å². The van der Waals surface area contributed by atoms with Crippen LogP contribution >= 0.6 is 12.4 Å². The summed E-state index contributed by atoms with van der Waals surface area (Å²) in [4.78, 5) is 12.5. The number of rotatable bonds is 4. The molecule has 0 spiro atoms. The molecule has 5 nitrogen and oxygen atoms in total. The lowest BCUT2D eigenvalue weighted by atomic mass is 9.79. The van der Waals surface area contributed by atoms with Crippen molar-refractivity contribution in [1.29, 1.82) is 0 Å². The second-order valence-corrected chi connectivity index (χ2v) is 7.31. The van der Waals surface area contributed by atoms with Crippen LogP contribution in [-0.4, -0.2) is 17.1 Å². The molecule has 1 aromatic heterocycles. The summed E-state index contributed by atoms with van der Waals surface area (Å²) in [6.07, 6.45) is 4.41. The van der Waals surface area contributed by atoms with Crippen molar-refractivity contribution in [3.63, 3.8) is 0 Å². The van der Waals surface area contributed by atoms with Gasteiger partial charge in [0, 0.05) is 11.3 Å². The molecule has 0 radical (unpaired) electrons. The van der Waals surface area contributed by atoms with Gasteiger partial charge in [-0.15, -0.1) is 12.4 Å². The molecule has 1 aliphatic carbocycles. The lowest BCUT2D eigenvalue weighted by Gasteiger charge is -2.29. The van der Waals surface area contributed by atoms with Crippen molar-refractivity contribution in [3.8, 4) is 11.1 Å². The highest BCUT2D eigenvalue weighted by molar-refractivity contribution is 5.95. The predicted molar refractivity (Wildman–Crippen MR) is 106 cm³/mol. The number of carbonyl (C=O) groups is 1. The summed E-state index contributed by atoms with van der Waals surface area (Å²) < 4.78 is 5.21. The molecular formula is C20H28ClN3O2. The zero-order valence-electron chi connectivity index (χ0n) is 15.6. The molecule has 1 heterocycles. The van der Waals surface area contributed by atoms with Crippen molar-refractivity contribution in [3.05, 3.63) is 35.7 Å². The molecule has 1 aliphatic rings. The minimum Gasteiger partial charge on any atom is -0.361 e. The molecule has 1 fully saturated rings. The molecule has 1 atom stereocenters. The van der Waals surface area contributed by atoms with Gasteiger partial charge < -0.3 is 15.6 Å². The maximum absolute atomic E-state index is 12.5. The summed E-state index contributed by atoms with van der Waals surface area (Å²) in [5.74, 6) is 1.74. The zero-order chi connectivity index (χ0) is 18.0. The van der Waals surface area contributed by atoms with E-state index < -0.39 is 6.04 Å². The number of aromatic nitrogens is 1. The van der Waals surface area contributed by atoms with Gasteiger partial charge in [-0.3, -0.25) is 4.79 Å². The number of aryl methyl sites for hydroxylation is 2. The average molecular weight is 378 g/mol. The number of hydrogen-bond acceptors (Lipinski definition) is 4. The lowest BCUT2D eigenvalue weighted by Crippen LogP contribution is -2.43. The first-order chi connectivity index (χ1) is 12.0. The lowest BCUT2D eigenvalue weighted by molar-refractivity contribution is -0.118. The summed E-state index contributed by atoms with van der Waals surface area (Å²) in [5, 5.41) is 6.93. The molecular weight excluding hydrogens is 350 g/mol. The second-order valence-electron chi connectivity index (χ2n) is 7.31. The number of hydrogen-bond donors (Lipinski definition) is 2. The van der Waals surface area contributed by atoms with Crippen LogP contribution < -0.4 is 11.1 Å². The van der Waals surface area contributed by atoms with Crippen LogP contribution in [0.1, 0.15) is 44.1 Å². The van der Waals surface area contributed by atoms with Gasteiger partial charge in [-0.1, -0.05) is 37.1 Å². The van der Waals surface area contributed by atoms with Crippen LogP contribution in [0.25, 0.3) is 11.1 Å². The van der Waals surface area contributed by atoms with E-state index in [2.05, 4.69) is 17.4 Å². The van der Waals surface area contributed by atoms with Crippen LogP contribution in [0.5, 0.6) is 0 Å². The molecule has 2 aromatic rings. The maximum atomic E-state index is 12.5. The number of halogens is 1. The van der Waals surface area contributed by atoms with Crippen molar-refractivity contribution in [2.45, 2.75) is 52.5 Å². The largest absolute Gasteiger partial charge is 0.361 e. The summed E-state index contributed by atoms with van der Waals surface area (Å²) in [7, 11) is 0. The number of carbonyl (C=O) groups excluding carboxylic acids is 1. The first-order valence-electron chi connectivity index (χ1n) is 9.05. The van der Waals surface area contributed by atoms with Crippen LogP contribution in [0.4, 0.5) is 5.69 Å². The van der Waals surface area contributed by atoms with E-state index in [0.29, 0.717) is 0 Å². The minimum atomic E-state index is -0.435. The monoisotopic (exact) mass is 377 g/mol. The van der Waals surface area contributed by atoms with Crippen LogP contribution in [0.2, 0.25) is 0 Å². The van der Waals surface area contributed by atoms with Crippen molar-refractivity contribution in [2.75, 3.05) is 5.32 Å². The fourth-order valence-corrected chi connectivity index (χ4v) is 3.70. The van der Waals surface area contributed by atoms with Gasteiger partial charge in [-0.05, 0) is 56.2 Å². The van der Waals surface area contributed by atoms with Gasteiger partial charge in [-0.25, -0.2) is 0 Å². The Kier molecular flexibility index (Phi) is 6.84. The number of nitrogens with one attached hydrogen (secondary N) is 1. The fourth-order valence-electron chi connectivity index (χ4n) is 3.70. The van der Waals surface area contributed by atoms with Crippen LogP contribution in [0.15, 0.2) is 28.8 Å². The maximum Gasteiger partial charge on any atom is 0.241 e. The van der Waals surface area contributed by atoms with Crippen molar-refractivity contribution >= 4 is 24.0 Å². The summed E-state index contributed by atoms with van der Waals surface area (Å²) >= 11 is 0. The predicted octanol–water partition coefficient (Wildman–Crippen LogP) is 4.47. The zero-order valence-corrected chi connectivity index (χ0v) is 16.4. The normalized spacial score (nSPS) is 20.9. The Bertz CT molecular complexity index is 715. The van der Waals surface area contributed by atoms with Gasteiger partial charge in [0.2, 0.25) is 5.91 Å². The number of benzene rings is 1. The molecule has 0 saturated heterocycles. The summed E-state index contributed by atoms with van der Waals surface area (Å²) in [6, 6.07) is 7.30. The van der Waals surface area contributed by atoms with Gasteiger partial charge in [0.25, 0.3) is 0 Å². The number of amides is 1. The van der Waals surface area contributed by atoms with Crippen molar-refractivity contribution < 1.29 is 9.32 Å². The van der Waals surface area contributed by atoms with Gasteiger partial charge in [0.05, 0.1) is 11.7 Å². The standard InChI is InChI=1S/C20H27N3O2.ClH/c1-12-4-6-16(7-5-12)19(21)20(24)22-17-10-8-15(9-11-17)18-13(2)23-25-14(18)3;/h8-12,16,19H,4-7,21H2,1-3H3,(H,22,24);1H/t12?,16?,19-;/m0./s1. The Morgan fingerprint density at radius 1 is 1.19 bits per heavy atom. The Morgan fingerprint density at radius 3 is 2.35 bits per heavy atom. The number of nitrogens with two attached hydrogens (primary N) is 1. The Hall–Kier alpha value is -1.85. The van der Waals surface area contributed by atoms with E-state index in [4.69, 9.17) is 10.3 Å².